The number of carboxylic acids is 1. The predicted molar refractivity (Wildman–Crippen MR) is 121 cm³/mol. The van der Waals surface area contributed by atoms with Crippen LogP contribution in [0.5, 0.6) is 0 Å². The number of aliphatic carboxylic acids is 1. The lowest BCUT2D eigenvalue weighted by Crippen LogP contribution is -2.38. The molecule has 7 heteroatoms. The Bertz CT molecular complexity index is 1160. The first-order chi connectivity index (χ1) is 15.3. The van der Waals surface area contributed by atoms with E-state index >= 15 is 0 Å². The maximum absolute atomic E-state index is 13.2. The number of carbonyl (C=O) groups is 3. The van der Waals surface area contributed by atoms with E-state index in [1.807, 2.05) is 13.0 Å². The number of pyridine rings is 1. The van der Waals surface area contributed by atoms with Crippen molar-refractivity contribution in [1.82, 2.24) is 9.88 Å². The number of aromatic nitrogens is 1. The zero-order chi connectivity index (χ0) is 23.0. The van der Waals surface area contributed by atoms with Gasteiger partial charge in [-0.25, -0.2) is 4.98 Å². The Balaban J connectivity index is 1.85. The summed E-state index contributed by atoms with van der Waals surface area (Å²) in [6.45, 7) is 6.03. The number of allylic oxidation sites excluding steroid dienone is 1. The summed E-state index contributed by atoms with van der Waals surface area (Å²) in [5.74, 6) is -3.30. The average Bonchev–Trinajstić information content (AvgIpc) is 3.03. The van der Waals surface area contributed by atoms with E-state index in [-0.39, 0.29) is 18.2 Å². The van der Waals surface area contributed by atoms with Gasteiger partial charge in [0.2, 0.25) is 0 Å². The molecular formula is C25H23ClN2O4. The highest BCUT2D eigenvalue weighted by molar-refractivity contribution is 6.29. The second kappa shape index (κ2) is 8.71. The summed E-state index contributed by atoms with van der Waals surface area (Å²) in [4.78, 5) is 44.5. The highest BCUT2D eigenvalue weighted by Crippen LogP contribution is 2.42. The van der Waals surface area contributed by atoms with E-state index in [9.17, 15) is 19.5 Å². The SMILES string of the molecule is C=C1/C=C\c2ccc(Cl)nc2CC(C)CCC(=O)C(C(=O)O)C2c3ccccc3C(=O)N12. The van der Waals surface area contributed by atoms with Gasteiger partial charge in [0.15, 0.2) is 0 Å². The fourth-order valence-corrected chi connectivity index (χ4v) is 4.64. The molecule has 4 rings (SSSR count). The number of carbonyl (C=O) groups excluding carboxylic acids is 2. The molecule has 2 aliphatic heterocycles. The maximum atomic E-state index is 13.2. The van der Waals surface area contributed by atoms with E-state index in [1.165, 1.54) is 4.90 Å². The number of nitrogens with zero attached hydrogens (tertiary/aromatic N) is 2. The third-order valence-corrected chi connectivity index (χ3v) is 6.31. The van der Waals surface area contributed by atoms with Gasteiger partial charge in [0.1, 0.15) is 16.9 Å². The summed E-state index contributed by atoms with van der Waals surface area (Å²) in [7, 11) is 0. The van der Waals surface area contributed by atoms with E-state index < -0.39 is 23.7 Å². The fourth-order valence-electron chi connectivity index (χ4n) is 4.47. The van der Waals surface area contributed by atoms with Crippen molar-refractivity contribution in [3.05, 3.63) is 82.3 Å². The number of hydrogen-bond donors (Lipinski definition) is 1. The largest absolute Gasteiger partial charge is 0.481 e. The minimum atomic E-state index is -1.38. The maximum Gasteiger partial charge on any atom is 0.316 e. The smallest absolute Gasteiger partial charge is 0.316 e. The molecule has 0 saturated carbocycles. The summed E-state index contributed by atoms with van der Waals surface area (Å²) in [5, 5.41) is 10.4. The molecule has 1 amide bonds. The Morgan fingerprint density at radius 3 is 2.69 bits per heavy atom. The quantitative estimate of drug-likeness (QED) is 0.502. The van der Waals surface area contributed by atoms with Crippen LogP contribution in [0.2, 0.25) is 5.15 Å². The summed E-state index contributed by atoms with van der Waals surface area (Å²) in [6.07, 6.45) is 4.65. The molecule has 0 fully saturated rings. The number of hydrogen-bond acceptors (Lipinski definition) is 4. The van der Waals surface area contributed by atoms with Crippen molar-refractivity contribution in [3.8, 4) is 0 Å². The first kappa shape index (κ1) is 22.0. The Morgan fingerprint density at radius 2 is 1.94 bits per heavy atom. The van der Waals surface area contributed by atoms with Crippen molar-refractivity contribution >= 4 is 35.3 Å². The predicted octanol–water partition coefficient (Wildman–Crippen LogP) is 4.70. The van der Waals surface area contributed by atoms with Gasteiger partial charge in [-0.15, -0.1) is 0 Å². The van der Waals surface area contributed by atoms with Crippen molar-refractivity contribution in [2.45, 2.75) is 32.2 Å². The third-order valence-electron chi connectivity index (χ3n) is 6.10. The van der Waals surface area contributed by atoms with Crippen LogP contribution >= 0.6 is 11.6 Å². The molecule has 0 radical (unpaired) electrons. The zero-order valence-electron chi connectivity index (χ0n) is 17.6. The molecule has 6 nitrogen and oxygen atoms in total. The Labute approximate surface area is 191 Å². The third kappa shape index (κ3) is 3.98. The lowest BCUT2D eigenvalue weighted by atomic mass is 9.86. The van der Waals surface area contributed by atoms with Crippen LogP contribution in [-0.4, -0.2) is 32.7 Å². The molecule has 3 heterocycles. The molecule has 3 unspecified atom stereocenters. The van der Waals surface area contributed by atoms with Crippen LogP contribution in [0, 0.1) is 11.8 Å². The van der Waals surface area contributed by atoms with Crippen molar-refractivity contribution in [3.63, 3.8) is 0 Å². The van der Waals surface area contributed by atoms with E-state index in [0.29, 0.717) is 34.8 Å². The second-order valence-corrected chi connectivity index (χ2v) is 8.72. The molecular weight excluding hydrogens is 428 g/mol. The molecule has 2 aliphatic rings. The normalized spacial score (nSPS) is 24.5. The number of fused-ring (bicyclic) bond motifs is 4. The first-order valence-corrected chi connectivity index (χ1v) is 10.9. The molecule has 1 aromatic heterocycles. The van der Waals surface area contributed by atoms with Crippen LogP contribution in [0.15, 0.2) is 54.8 Å². The highest BCUT2D eigenvalue weighted by Gasteiger charge is 2.47. The van der Waals surface area contributed by atoms with Crippen LogP contribution in [0.25, 0.3) is 6.08 Å². The van der Waals surface area contributed by atoms with Gasteiger partial charge < -0.3 is 10.0 Å². The van der Waals surface area contributed by atoms with Gasteiger partial charge in [-0.2, -0.15) is 0 Å². The monoisotopic (exact) mass is 450 g/mol. The molecule has 3 atom stereocenters. The summed E-state index contributed by atoms with van der Waals surface area (Å²) in [6, 6.07) is 9.42. The van der Waals surface area contributed by atoms with Crippen molar-refractivity contribution in [2.24, 2.45) is 11.8 Å². The van der Waals surface area contributed by atoms with Crippen LogP contribution in [-0.2, 0) is 16.0 Å². The van der Waals surface area contributed by atoms with E-state index in [4.69, 9.17) is 11.6 Å². The summed E-state index contributed by atoms with van der Waals surface area (Å²) in [5.41, 5.74) is 2.85. The molecule has 0 aliphatic carbocycles. The summed E-state index contributed by atoms with van der Waals surface area (Å²) >= 11 is 6.10. The Kier molecular flexibility index (Phi) is 5.98. The van der Waals surface area contributed by atoms with E-state index in [0.717, 1.165) is 11.3 Å². The lowest BCUT2D eigenvalue weighted by Gasteiger charge is -2.29. The number of halogens is 1. The average molecular weight is 451 g/mol. The number of benzene rings is 1. The Hall–Kier alpha value is -3.25. The number of carboxylic acid groups (broad SMARTS) is 1. The van der Waals surface area contributed by atoms with Gasteiger partial charge in [0, 0.05) is 23.4 Å². The number of ketones is 1. The van der Waals surface area contributed by atoms with Crippen molar-refractivity contribution < 1.29 is 19.5 Å². The fraction of sp³-hybridized carbons (Fsp3) is 0.280. The van der Waals surface area contributed by atoms with Crippen LogP contribution in [0.4, 0.5) is 0 Å². The number of amides is 1. The van der Waals surface area contributed by atoms with Gasteiger partial charge >= 0.3 is 5.97 Å². The molecule has 164 valence electrons. The molecule has 0 saturated heterocycles. The molecule has 0 spiro atoms. The Morgan fingerprint density at radius 1 is 1.19 bits per heavy atom. The van der Waals surface area contributed by atoms with Gasteiger partial charge in [-0.05, 0) is 48.1 Å². The molecule has 1 N–H and O–H groups in total. The first-order valence-electron chi connectivity index (χ1n) is 10.5. The van der Waals surface area contributed by atoms with Crippen LogP contribution in [0.1, 0.15) is 53.0 Å². The van der Waals surface area contributed by atoms with Crippen LogP contribution in [0.3, 0.4) is 0 Å². The van der Waals surface area contributed by atoms with Crippen molar-refractivity contribution in [1.29, 1.82) is 0 Å². The summed E-state index contributed by atoms with van der Waals surface area (Å²) < 4.78 is 0. The van der Waals surface area contributed by atoms with Gasteiger partial charge in [-0.1, -0.05) is 55.4 Å². The standard InChI is InChI=1S/C25H23ClN2O4/c1-14-7-11-20(29)22(25(31)32)23-17-5-3-4-6-18(17)24(30)28(23)15(2)8-9-16-10-12-21(26)27-19(16)13-14/h3-6,8-10,12,14,22-23H,2,7,11,13H2,1H3,(H,31,32)/b9-8-. The lowest BCUT2D eigenvalue weighted by molar-refractivity contribution is -0.148. The number of rotatable bonds is 1. The van der Waals surface area contributed by atoms with Gasteiger partial charge in [0.05, 0.1) is 6.04 Å². The highest BCUT2D eigenvalue weighted by atomic mass is 35.5. The number of Topliss-reactive ketones (excluding diaryl/α,β-unsaturated/α-hetero) is 1. The van der Waals surface area contributed by atoms with Gasteiger partial charge in [-0.3, -0.25) is 14.4 Å². The molecule has 0 bridgehead atoms. The molecule has 32 heavy (non-hydrogen) atoms. The van der Waals surface area contributed by atoms with E-state index in [1.54, 1.807) is 42.5 Å². The minimum Gasteiger partial charge on any atom is -0.481 e. The molecule has 2 aromatic rings. The van der Waals surface area contributed by atoms with Crippen LogP contribution < -0.4 is 0 Å². The van der Waals surface area contributed by atoms with E-state index in [2.05, 4.69) is 11.6 Å². The zero-order valence-corrected chi connectivity index (χ0v) is 18.4. The van der Waals surface area contributed by atoms with Gasteiger partial charge in [0.25, 0.3) is 5.91 Å². The minimum absolute atomic E-state index is 0.0871. The molecule has 1 aromatic carbocycles. The topological polar surface area (TPSA) is 87.6 Å². The van der Waals surface area contributed by atoms with Crippen molar-refractivity contribution in [2.75, 3.05) is 0 Å². The second-order valence-electron chi connectivity index (χ2n) is 8.33.